The van der Waals surface area contributed by atoms with E-state index in [0.29, 0.717) is 21.7 Å². The monoisotopic (exact) mass is 528 g/mol. The minimum Gasteiger partial charge on any atom is -0.479 e. The molecular formula is C24H22F2N6O4S. The van der Waals surface area contributed by atoms with Gasteiger partial charge in [-0.15, -0.1) is 11.3 Å². The van der Waals surface area contributed by atoms with Crippen molar-refractivity contribution in [2.24, 2.45) is 0 Å². The maximum absolute atomic E-state index is 15.1. The molecule has 3 heterocycles. The molecule has 1 atom stereocenters. The molecule has 4 aromatic rings. The number of carbonyl (C=O) groups excluding carboxylic acids is 2. The van der Waals surface area contributed by atoms with Gasteiger partial charge in [-0.1, -0.05) is 6.07 Å². The molecule has 0 radical (unpaired) electrons. The second-order valence-electron chi connectivity index (χ2n) is 8.06. The van der Waals surface area contributed by atoms with Gasteiger partial charge in [0.15, 0.2) is 0 Å². The maximum atomic E-state index is 15.1. The number of pyridine rings is 1. The second kappa shape index (κ2) is 10.7. The van der Waals surface area contributed by atoms with Crippen molar-refractivity contribution in [3.63, 3.8) is 0 Å². The predicted octanol–water partition coefficient (Wildman–Crippen LogP) is 4.47. The van der Waals surface area contributed by atoms with Crippen molar-refractivity contribution in [3.8, 4) is 27.6 Å². The highest BCUT2D eigenvalue weighted by atomic mass is 32.1. The van der Waals surface area contributed by atoms with Crippen LogP contribution < -0.4 is 20.9 Å². The fourth-order valence-corrected chi connectivity index (χ4v) is 4.37. The number of aromatic nitrogens is 3. The number of aryl methyl sites for hydroxylation is 2. The summed E-state index contributed by atoms with van der Waals surface area (Å²) in [4.78, 5) is 32.7. The molecule has 13 heteroatoms. The van der Waals surface area contributed by atoms with E-state index in [1.807, 2.05) is 12.3 Å². The molecule has 0 bridgehead atoms. The van der Waals surface area contributed by atoms with Crippen LogP contribution >= 0.6 is 11.3 Å². The Morgan fingerprint density at radius 2 is 1.89 bits per heavy atom. The average molecular weight is 529 g/mol. The summed E-state index contributed by atoms with van der Waals surface area (Å²) in [6.45, 7) is 5.07. The first-order chi connectivity index (χ1) is 17.7. The van der Waals surface area contributed by atoms with Crippen molar-refractivity contribution >= 4 is 23.3 Å². The van der Waals surface area contributed by atoms with E-state index >= 15 is 4.39 Å². The fraction of sp³-hybridized carbons (Fsp3) is 0.208. The highest BCUT2D eigenvalue weighted by Crippen LogP contribution is 2.37. The normalized spacial score (nSPS) is 11.6. The number of carbonyl (C=O) groups is 2. The van der Waals surface area contributed by atoms with Gasteiger partial charge < -0.3 is 14.6 Å². The van der Waals surface area contributed by atoms with Gasteiger partial charge in [-0.25, -0.2) is 24.0 Å². The first-order valence-corrected chi connectivity index (χ1v) is 11.8. The fourth-order valence-electron chi connectivity index (χ4n) is 3.51. The molecule has 0 saturated carbocycles. The second-order valence-corrected chi connectivity index (χ2v) is 8.92. The van der Waals surface area contributed by atoms with Gasteiger partial charge in [0.1, 0.15) is 16.6 Å². The summed E-state index contributed by atoms with van der Waals surface area (Å²) in [5.74, 6) is -2.04. The highest BCUT2D eigenvalue weighted by molar-refractivity contribution is 7.13. The van der Waals surface area contributed by atoms with Gasteiger partial charge in [0, 0.05) is 22.8 Å². The Morgan fingerprint density at radius 1 is 1.11 bits per heavy atom. The van der Waals surface area contributed by atoms with Crippen LogP contribution in [0, 0.1) is 25.5 Å². The number of nitrogens with one attached hydrogen (secondary N) is 3. The number of methoxy groups -OCH3 is 1. The third kappa shape index (κ3) is 5.72. The van der Waals surface area contributed by atoms with Crippen LogP contribution in [-0.2, 0) is 0 Å². The molecule has 37 heavy (non-hydrogen) atoms. The molecule has 4 rings (SSSR count). The van der Waals surface area contributed by atoms with E-state index in [-0.39, 0.29) is 22.9 Å². The van der Waals surface area contributed by atoms with Gasteiger partial charge in [0.05, 0.1) is 30.5 Å². The van der Waals surface area contributed by atoms with Gasteiger partial charge in [0.2, 0.25) is 5.76 Å². The first-order valence-electron chi connectivity index (χ1n) is 10.9. The number of ether oxygens (including phenoxy) is 1. The molecule has 0 saturated heterocycles. The number of thiazole rings is 1. The minimum atomic E-state index is -0.869. The molecular weight excluding hydrogens is 506 g/mol. The zero-order chi connectivity index (χ0) is 26.7. The zero-order valence-corrected chi connectivity index (χ0v) is 21.0. The van der Waals surface area contributed by atoms with Crippen molar-refractivity contribution in [1.29, 1.82) is 0 Å². The summed E-state index contributed by atoms with van der Waals surface area (Å²) in [6, 6.07) is 3.92. The summed E-state index contributed by atoms with van der Waals surface area (Å²) in [5.41, 5.74) is 6.70. The van der Waals surface area contributed by atoms with E-state index in [1.54, 1.807) is 13.0 Å². The van der Waals surface area contributed by atoms with Crippen molar-refractivity contribution in [2.45, 2.75) is 26.8 Å². The molecule has 10 nitrogen and oxygen atoms in total. The maximum Gasteiger partial charge on any atom is 0.334 e. The van der Waals surface area contributed by atoms with E-state index in [2.05, 4.69) is 31.3 Å². The van der Waals surface area contributed by atoms with Crippen molar-refractivity contribution < 1.29 is 27.6 Å². The first kappa shape index (κ1) is 25.7. The predicted molar refractivity (Wildman–Crippen MR) is 131 cm³/mol. The molecule has 0 fully saturated rings. The topological polar surface area (TPSA) is 131 Å². The molecule has 0 aliphatic rings. The van der Waals surface area contributed by atoms with Gasteiger partial charge in [-0.3, -0.25) is 15.2 Å². The summed E-state index contributed by atoms with van der Waals surface area (Å²) < 4.78 is 39.6. The van der Waals surface area contributed by atoms with Crippen LogP contribution in [0.3, 0.4) is 0 Å². The molecule has 0 aliphatic heterocycles. The number of nitrogens with zero attached hydrogens (tertiary/aromatic N) is 3. The molecule has 192 valence electrons. The van der Waals surface area contributed by atoms with E-state index < -0.39 is 29.6 Å². The van der Waals surface area contributed by atoms with E-state index in [0.717, 1.165) is 5.69 Å². The number of hydrazine groups is 1. The highest BCUT2D eigenvalue weighted by Gasteiger charge is 2.21. The smallest absolute Gasteiger partial charge is 0.334 e. The SMILES string of the molecule is COc1cc(C(=O)NNC(=O)N[C@H](C)c2ncc(-c3cc(C)cc(F)c3-c3nc(C)cs3)cc2F)on1. The number of amides is 3. The Morgan fingerprint density at radius 3 is 2.54 bits per heavy atom. The minimum absolute atomic E-state index is 0.0510. The number of halogens is 2. The number of benzene rings is 1. The van der Waals surface area contributed by atoms with Crippen molar-refractivity contribution in [3.05, 3.63) is 70.2 Å². The van der Waals surface area contributed by atoms with Crippen LogP contribution in [0.4, 0.5) is 13.6 Å². The van der Waals surface area contributed by atoms with E-state index in [4.69, 9.17) is 9.26 Å². The Hall–Kier alpha value is -4.39. The van der Waals surface area contributed by atoms with Gasteiger partial charge in [0.25, 0.3) is 5.88 Å². The van der Waals surface area contributed by atoms with Gasteiger partial charge in [-0.2, -0.15) is 0 Å². The Labute approximate surface area is 214 Å². The number of urea groups is 1. The van der Waals surface area contributed by atoms with Crippen LogP contribution in [0.1, 0.15) is 40.5 Å². The quantitative estimate of drug-likeness (QED) is 0.315. The number of hydrogen-bond donors (Lipinski definition) is 3. The third-order valence-corrected chi connectivity index (χ3v) is 6.19. The summed E-state index contributed by atoms with van der Waals surface area (Å²) in [7, 11) is 1.35. The van der Waals surface area contributed by atoms with Gasteiger partial charge in [-0.05, 0) is 49.2 Å². The summed E-state index contributed by atoms with van der Waals surface area (Å²) in [5, 5.41) is 8.24. The molecule has 3 amide bonds. The van der Waals surface area contributed by atoms with Crippen LogP contribution in [0.5, 0.6) is 5.88 Å². The largest absolute Gasteiger partial charge is 0.479 e. The lowest BCUT2D eigenvalue weighted by Gasteiger charge is -2.16. The number of rotatable bonds is 6. The van der Waals surface area contributed by atoms with Crippen LogP contribution in [0.25, 0.3) is 21.7 Å². The number of hydrogen-bond acceptors (Lipinski definition) is 8. The molecule has 0 spiro atoms. The van der Waals surface area contributed by atoms with Crippen molar-refractivity contribution in [1.82, 2.24) is 31.3 Å². The standard InChI is InChI=1S/C24H22F2N6O4S/c1-11-5-15(20(16(25)6-11)23-28-12(2)10-37-23)14-7-17(26)21(27-9-14)13(3)29-24(34)31-30-22(33)18-8-19(35-4)32-36-18/h5-10,13H,1-4H3,(H,30,33)(H2,29,31,34)/t13-/m1/s1. The van der Waals surface area contributed by atoms with E-state index in [1.165, 1.54) is 49.8 Å². The van der Waals surface area contributed by atoms with Crippen LogP contribution in [0.2, 0.25) is 0 Å². The zero-order valence-electron chi connectivity index (χ0n) is 20.2. The Balaban J connectivity index is 1.48. The third-order valence-electron chi connectivity index (χ3n) is 5.22. The lowest BCUT2D eigenvalue weighted by molar-refractivity contribution is 0.0898. The Bertz CT molecular complexity index is 1470. The lowest BCUT2D eigenvalue weighted by atomic mass is 9.97. The average Bonchev–Trinajstić information content (AvgIpc) is 3.51. The molecule has 0 aliphatic carbocycles. The van der Waals surface area contributed by atoms with Gasteiger partial charge >= 0.3 is 11.9 Å². The molecule has 0 unspecified atom stereocenters. The van der Waals surface area contributed by atoms with Crippen LogP contribution in [-0.4, -0.2) is 34.2 Å². The molecule has 1 aromatic carbocycles. The lowest BCUT2D eigenvalue weighted by Crippen LogP contribution is -2.47. The summed E-state index contributed by atoms with van der Waals surface area (Å²) in [6.07, 6.45) is 1.41. The van der Waals surface area contributed by atoms with Crippen LogP contribution in [0.15, 0.2) is 40.4 Å². The molecule has 3 N–H and O–H groups in total. The van der Waals surface area contributed by atoms with E-state index in [9.17, 15) is 14.0 Å². The Kier molecular flexibility index (Phi) is 7.43. The van der Waals surface area contributed by atoms with Crippen molar-refractivity contribution in [2.75, 3.05) is 7.11 Å². The summed E-state index contributed by atoms with van der Waals surface area (Å²) >= 11 is 1.29. The molecule has 3 aromatic heterocycles.